The van der Waals surface area contributed by atoms with Crippen LogP contribution in [0.25, 0.3) is 11.0 Å². The van der Waals surface area contributed by atoms with E-state index in [2.05, 4.69) is 15.0 Å². The van der Waals surface area contributed by atoms with Gasteiger partial charge in [-0.25, -0.2) is 4.98 Å². The van der Waals surface area contributed by atoms with Crippen LogP contribution in [0.1, 0.15) is 28.5 Å². The second-order valence-corrected chi connectivity index (χ2v) is 7.13. The van der Waals surface area contributed by atoms with Crippen LogP contribution in [-0.2, 0) is 16.6 Å². The molecular weight excluding hydrogens is 377 g/mol. The fraction of sp³-hybridized carbons (Fsp3) is 0.278. The van der Waals surface area contributed by atoms with E-state index < -0.39 is 10.8 Å². The summed E-state index contributed by atoms with van der Waals surface area (Å²) in [6.07, 6.45) is 1.58. The van der Waals surface area contributed by atoms with Gasteiger partial charge in [-0.05, 0) is 31.5 Å². The first-order valence-electron chi connectivity index (χ1n) is 7.90. The third kappa shape index (κ3) is 4.40. The number of nitrogens with zero attached hydrogens (tertiary/aromatic N) is 2. The minimum Gasteiger partial charge on any atom is -0.493 e. The van der Waals surface area contributed by atoms with Crippen molar-refractivity contribution >= 4 is 57.2 Å². The van der Waals surface area contributed by atoms with Crippen LogP contribution in [0, 0.1) is 6.92 Å². The van der Waals surface area contributed by atoms with Gasteiger partial charge < -0.3 is 14.5 Å². The Bertz CT molecular complexity index is 1020. The number of aryl methyl sites for hydroxylation is 1. The largest absolute Gasteiger partial charge is 0.493 e. The second-order valence-electron chi connectivity index (χ2n) is 5.77. The molecule has 3 aromatic rings. The average molecular weight is 396 g/mol. The molecule has 0 aliphatic heterocycles. The van der Waals surface area contributed by atoms with E-state index in [-0.39, 0.29) is 41.1 Å². The van der Waals surface area contributed by atoms with Crippen LogP contribution >= 0.6 is 0 Å². The molecule has 27 heavy (non-hydrogen) atoms. The van der Waals surface area contributed by atoms with Gasteiger partial charge in [0.15, 0.2) is 22.4 Å². The molecule has 7 nitrogen and oxygen atoms in total. The van der Waals surface area contributed by atoms with Gasteiger partial charge in [0.1, 0.15) is 0 Å². The number of carbonyl (C=O) groups excluding carboxylic acids is 1. The maximum absolute atomic E-state index is 12.8. The van der Waals surface area contributed by atoms with Crippen molar-refractivity contribution in [1.82, 2.24) is 15.0 Å². The van der Waals surface area contributed by atoms with Crippen LogP contribution in [0.3, 0.4) is 0 Å². The molecule has 2 heterocycles. The van der Waals surface area contributed by atoms with Crippen LogP contribution in [0.5, 0.6) is 11.5 Å². The van der Waals surface area contributed by atoms with Crippen LogP contribution in [0.4, 0.5) is 0 Å². The monoisotopic (exact) mass is 396 g/mol. The van der Waals surface area contributed by atoms with Crippen molar-refractivity contribution in [2.45, 2.75) is 24.8 Å². The van der Waals surface area contributed by atoms with Crippen LogP contribution < -0.4 is 9.47 Å². The first-order chi connectivity index (χ1) is 12.4. The number of aromatic amines is 1. The fourth-order valence-corrected chi connectivity index (χ4v) is 3.79. The molecule has 0 spiro atoms. The number of hydrogen-bond donors (Lipinski definition) is 1. The van der Waals surface area contributed by atoms with Gasteiger partial charge >= 0.3 is 0 Å². The first kappa shape index (κ1) is 21.6. The number of imidazole rings is 1. The predicted molar refractivity (Wildman–Crippen MR) is 104 cm³/mol. The maximum Gasteiger partial charge on any atom is 0.197 e. The summed E-state index contributed by atoms with van der Waals surface area (Å²) < 4.78 is 23.3. The number of ketones is 1. The molecule has 2 aromatic heterocycles. The van der Waals surface area contributed by atoms with E-state index in [1.165, 1.54) is 21.1 Å². The summed E-state index contributed by atoms with van der Waals surface area (Å²) >= 11 is 0. The number of nitrogens with one attached hydrogen (secondary N) is 1. The van der Waals surface area contributed by atoms with E-state index in [0.717, 1.165) is 11.1 Å². The van der Waals surface area contributed by atoms with Crippen LogP contribution in [0.2, 0.25) is 0 Å². The summed E-state index contributed by atoms with van der Waals surface area (Å²) in [5.74, 6) is 1.08. The number of ether oxygens (including phenoxy) is 2. The van der Waals surface area contributed by atoms with Crippen molar-refractivity contribution in [3.05, 3.63) is 41.2 Å². The molecule has 0 bridgehead atoms. The number of fused-ring (bicyclic) bond motifs is 1. The third-order valence-corrected chi connectivity index (χ3v) is 5.20. The van der Waals surface area contributed by atoms with Crippen molar-refractivity contribution < 1.29 is 18.5 Å². The quantitative estimate of drug-likeness (QED) is 0.508. The average Bonchev–Trinajstić information content (AvgIpc) is 3.03. The van der Waals surface area contributed by atoms with Gasteiger partial charge in [0.05, 0.1) is 47.5 Å². The molecule has 1 atom stereocenters. The molecule has 0 aliphatic rings. The van der Waals surface area contributed by atoms with E-state index in [1.807, 2.05) is 13.0 Å². The molecule has 0 aliphatic carbocycles. The Morgan fingerprint density at radius 1 is 1.26 bits per heavy atom. The van der Waals surface area contributed by atoms with E-state index in [4.69, 9.17) is 9.47 Å². The van der Waals surface area contributed by atoms with Gasteiger partial charge in [0, 0.05) is 47.4 Å². The van der Waals surface area contributed by atoms with Gasteiger partial charge in [-0.15, -0.1) is 0 Å². The normalized spacial score (nSPS) is 11.7. The SMILES string of the molecule is COc1ccnc(CS(=O)c2nc3cc(C(C)=O)c(C)cc3[nH]2)c1OC.[Na]. The predicted octanol–water partition coefficient (Wildman–Crippen LogP) is 2.41. The molecule has 0 amide bonds. The number of methoxy groups -OCH3 is 2. The topological polar surface area (TPSA) is 94.2 Å². The van der Waals surface area contributed by atoms with Crippen molar-refractivity contribution in [3.63, 3.8) is 0 Å². The number of benzene rings is 1. The van der Waals surface area contributed by atoms with Crippen molar-refractivity contribution in [2.24, 2.45) is 0 Å². The Labute approximate surface area is 181 Å². The van der Waals surface area contributed by atoms with Gasteiger partial charge in [-0.3, -0.25) is 14.0 Å². The smallest absolute Gasteiger partial charge is 0.197 e. The molecular formula is C18H19N3NaO4S. The number of pyridine rings is 1. The Kier molecular flexibility index (Phi) is 7.16. The molecule has 3 rings (SSSR count). The molecule has 1 unspecified atom stereocenters. The Balaban J connectivity index is 0.00000261. The molecule has 0 fully saturated rings. The molecule has 1 N–H and O–H groups in total. The zero-order chi connectivity index (χ0) is 18.8. The maximum atomic E-state index is 12.8. The summed E-state index contributed by atoms with van der Waals surface area (Å²) in [5, 5.41) is 0.326. The van der Waals surface area contributed by atoms with Crippen molar-refractivity contribution in [2.75, 3.05) is 14.2 Å². The number of Topliss-reactive ketones (excluding diaryl/α,β-unsaturated/α-hetero) is 1. The van der Waals surface area contributed by atoms with Crippen molar-refractivity contribution in [3.8, 4) is 11.5 Å². The van der Waals surface area contributed by atoms with Gasteiger partial charge in [-0.1, -0.05) is 0 Å². The van der Waals surface area contributed by atoms with Crippen LogP contribution in [0.15, 0.2) is 29.6 Å². The van der Waals surface area contributed by atoms with E-state index in [1.54, 1.807) is 18.3 Å². The Morgan fingerprint density at radius 2 is 2.00 bits per heavy atom. The number of aromatic nitrogens is 3. The summed E-state index contributed by atoms with van der Waals surface area (Å²) in [6.45, 7) is 3.37. The number of hydrogen-bond acceptors (Lipinski definition) is 6. The third-order valence-electron chi connectivity index (χ3n) is 4.04. The second kappa shape index (κ2) is 8.97. The summed E-state index contributed by atoms with van der Waals surface area (Å²) in [5.41, 5.74) is 3.32. The molecule has 1 radical (unpaired) electrons. The summed E-state index contributed by atoms with van der Waals surface area (Å²) in [6, 6.07) is 5.23. The standard InChI is InChI=1S/C18H19N3O4S.Na/c1-10-7-13-14(8-12(10)11(2)22)21-18(20-13)26(23)9-15-17(25-4)16(24-3)5-6-19-15;/h5-8H,9H2,1-4H3,(H,20,21);. The van der Waals surface area contributed by atoms with Crippen molar-refractivity contribution in [1.29, 1.82) is 0 Å². The zero-order valence-corrected chi connectivity index (χ0v) is 18.8. The van der Waals surface area contributed by atoms with E-state index in [9.17, 15) is 9.00 Å². The minimum absolute atomic E-state index is 0. The van der Waals surface area contributed by atoms with Gasteiger partial charge in [-0.2, -0.15) is 0 Å². The molecule has 9 heteroatoms. The van der Waals surface area contributed by atoms with E-state index >= 15 is 0 Å². The summed E-state index contributed by atoms with van der Waals surface area (Å²) in [4.78, 5) is 23.4. The number of H-pyrrole nitrogens is 1. The fourth-order valence-electron chi connectivity index (χ4n) is 2.77. The number of carbonyl (C=O) groups is 1. The zero-order valence-electron chi connectivity index (χ0n) is 16.0. The molecule has 137 valence electrons. The van der Waals surface area contributed by atoms with Gasteiger partial charge in [0.2, 0.25) is 0 Å². The molecule has 0 saturated heterocycles. The summed E-state index contributed by atoms with van der Waals surface area (Å²) in [7, 11) is 1.58. The van der Waals surface area contributed by atoms with Crippen LogP contribution in [-0.4, -0.2) is 68.7 Å². The Hall–Kier alpha value is -1.74. The Morgan fingerprint density at radius 3 is 2.63 bits per heavy atom. The minimum atomic E-state index is -1.46. The van der Waals surface area contributed by atoms with E-state index in [0.29, 0.717) is 33.4 Å². The van der Waals surface area contributed by atoms with Gasteiger partial charge in [0.25, 0.3) is 0 Å². The first-order valence-corrected chi connectivity index (χ1v) is 9.22. The number of rotatable bonds is 6. The molecule has 1 aromatic carbocycles. The molecule has 0 saturated carbocycles.